The van der Waals surface area contributed by atoms with E-state index in [1.807, 2.05) is 6.07 Å². The molecule has 1 aromatic rings. The Hall–Kier alpha value is -1.02. The lowest BCUT2D eigenvalue weighted by Gasteiger charge is -2.39. The summed E-state index contributed by atoms with van der Waals surface area (Å²) in [5.41, 5.74) is 2.29. The molecule has 2 unspecified atom stereocenters. The molecule has 21 heavy (non-hydrogen) atoms. The molecule has 2 nitrogen and oxygen atoms in total. The fraction of sp³-hybridized carbons (Fsp3) is 0.611. The molecule has 1 amide bonds. The van der Waals surface area contributed by atoms with Gasteiger partial charge in [0.1, 0.15) is 0 Å². The van der Waals surface area contributed by atoms with Crippen molar-refractivity contribution >= 4 is 17.5 Å². The van der Waals surface area contributed by atoms with Crippen molar-refractivity contribution in [2.45, 2.75) is 57.9 Å². The largest absolute Gasteiger partial charge is 0.349 e. The standard InChI is InChI=1S/C18H26ClNO/c1-14-5-3-7-16(11-14)8-9-17(21)20-18(13-19)10-4-6-15(2)12-18/h3,5,7,11,15H,4,6,8-10,12-13H2,1-2H3,(H,20,21). The van der Waals surface area contributed by atoms with Crippen molar-refractivity contribution in [3.63, 3.8) is 0 Å². The number of carbonyl (C=O) groups excluding carboxylic acids is 1. The highest BCUT2D eigenvalue weighted by Crippen LogP contribution is 2.33. The summed E-state index contributed by atoms with van der Waals surface area (Å²) in [7, 11) is 0. The third-order valence-corrected chi connectivity index (χ3v) is 4.99. The van der Waals surface area contributed by atoms with Crippen LogP contribution in [-0.4, -0.2) is 17.3 Å². The molecule has 3 heteroatoms. The number of hydrogen-bond acceptors (Lipinski definition) is 1. The molecule has 1 aliphatic rings. The van der Waals surface area contributed by atoms with Gasteiger partial charge in [0.25, 0.3) is 0 Å². The predicted molar refractivity (Wildman–Crippen MR) is 88.7 cm³/mol. The first-order valence-corrected chi connectivity index (χ1v) is 8.49. The van der Waals surface area contributed by atoms with Crippen LogP contribution >= 0.6 is 11.6 Å². The number of aryl methyl sites for hydroxylation is 2. The van der Waals surface area contributed by atoms with Crippen molar-refractivity contribution < 1.29 is 4.79 Å². The Morgan fingerprint density at radius 3 is 2.95 bits per heavy atom. The summed E-state index contributed by atoms with van der Waals surface area (Å²) in [6.45, 7) is 4.33. The number of nitrogens with one attached hydrogen (secondary N) is 1. The maximum absolute atomic E-state index is 12.3. The third kappa shape index (κ3) is 4.74. The predicted octanol–water partition coefficient (Wildman–Crippen LogP) is 4.23. The van der Waals surface area contributed by atoms with Gasteiger partial charge >= 0.3 is 0 Å². The van der Waals surface area contributed by atoms with Crippen LogP contribution in [0.2, 0.25) is 0 Å². The summed E-state index contributed by atoms with van der Waals surface area (Å²) in [6, 6.07) is 8.36. The molecule has 1 N–H and O–H groups in total. The van der Waals surface area contributed by atoms with Crippen molar-refractivity contribution in [2.75, 3.05) is 5.88 Å². The summed E-state index contributed by atoms with van der Waals surface area (Å²) in [5.74, 6) is 1.30. The normalized spacial score (nSPS) is 25.6. The molecule has 116 valence electrons. The molecule has 0 aliphatic heterocycles. The fourth-order valence-electron chi connectivity index (χ4n) is 3.41. The van der Waals surface area contributed by atoms with Crippen LogP contribution in [0.5, 0.6) is 0 Å². The smallest absolute Gasteiger partial charge is 0.220 e. The van der Waals surface area contributed by atoms with Crippen LogP contribution in [0.25, 0.3) is 0 Å². The van der Waals surface area contributed by atoms with E-state index >= 15 is 0 Å². The number of amides is 1. The molecule has 2 rings (SSSR count). The average Bonchev–Trinajstić information content (AvgIpc) is 2.45. The highest BCUT2D eigenvalue weighted by molar-refractivity contribution is 6.18. The lowest BCUT2D eigenvalue weighted by atomic mass is 9.77. The quantitative estimate of drug-likeness (QED) is 0.810. The lowest BCUT2D eigenvalue weighted by molar-refractivity contribution is -0.123. The number of benzene rings is 1. The zero-order valence-electron chi connectivity index (χ0n) is 13.1. The van der Waals surface area contributed by atoms with Crippen LogP contribution in [0.15, 0.2) is 24.3 Å². The summed E-state index contributed by atoms with van der Waals surface area (Å²) in [5, 5.41) is 3.23. The lowest BCUT2D eigenvalue weighted by Crippen LogP contribution is -2.52. The van der Waals surface area contributed by atoms with Gasteiger partial charge in [-0.25, -0.2) is 0 Å². The van der Waals surface area contributed by atoms with E-state index in [2.05, 4.69) is 37.4 Å². The number of hydrogen-bond donors (Lipinski definition) is 1. The van der Waals surface area contributed by atoms with E-state index in [0.29, 0.717) is 18.2 Å². The fourth-order valence-corrected chi connectivity index (χ4v) is 3.72. The van der Waals surface area contributed by atoms with Gasteiger partial charge in [0, 0.05) is 12.3 Å². The summed E-state index contributed by atoms with van der Waals surface area (Å²) in [4.78, 5) is 12.3. The molecule has 1 saturated carbocycles. The van der Waals surface area contributed by atoms with Gasteiger partial charge in [-0.3, -0.25) is 4.79 Å². The van der Waals surface area contributed by atoms with Crippen LogP contribution in [0.1, 0.15) is 50.2 Å². The van der Waals surface area contributed by atoms with Crippen molar-refractivity contribution in [2.24, 2.45) is 5.92 Å². The van der Waals surface area contributed by atoms with Crippen molar-refractivity contribution in [3.05, 3.63) is 35.4 Å². The van der Waals surface area contributed by atoms with E-state index in [-0.39, 0.29) is 11.4 Å². The van der Waals surface area contributed by atoms with E-state index in [1.165, 1.54) is 17.5 Å². The van der Waals surface area contributed by atoms with Gasteiger partial charge < -0.3 is 5.32 Å². The van der Waals surface area contributed by atoms with Crippen LogP contribution < -0.4 is 5.32 Å². The molecule has 1 fully saturated rings. The average molecular weight is 308 g/mol. The highest BCUT2D eigenvalue weighted by atomic mass is 35.5. The molecule has 0 spiro atoms. The van der Waals surface area contributed by atoms with Gasteiger partial charge in [0.15, 0.2) is 0 Å². The minimum absolute atomic E-state index is 0.131. The minimum Gasteiger partial charge on any atom is -0.349 e. The van der Waals surface area contributed by atoms with E-state index in [9.17, 15) is 4.79 Å². The molecule has 2 atom stereocenters. The molecular weight excluding hydrogens is 282 g/mol. The Bertz CT molecular complexity index is 488. The number of alkyl halides is 1. The number of halogens is 1. The van der Waals surface area contributed by atoms with Gasteiger partial charge in [-0.15, -0.1) is 11.6 Å². The van der Waals surface area contributed by atoms with Crippen molar-refractivity contribution in [3.8, 4) is 0 Å². The maximum Gasteiger partial charge on any atom is 0.220 e. The second-order valence-corrected chi connectivity index (χ2v) is 6.92. The summed E-state index contributed by atoms with van der Waals surface area (Å²) < 4.78 is 0. The molecule has 0 aromatic heterocycles. The van der Waals surface area contributed by atoms with Crippen molar-refractivity contribution in [1.29, 1.82) is 0 Å². The molecule has 0 bridgehead atoms. The summed E-state index contributed by atoms with van der Waals surface area (Å²) in [6.07, 6.45) is 5.76. The first-order valence-electron chi connectivity index (χ1n) is 7.95. The molecular formula is C18H26ClNO. The third-order valence-electron chi connectivity index (χ3n) is 4.48. The van der Waals surface area contributed by atoms with Crippen LogP contribution in [0.4, 0.5) is 0 Å². The first kappa shape index (κ1) is 16.4. The Balaban J connectivity index is 1.88. The molecule has 0 saturated heterocycles. The maximum atomic E-state index is 12.3. The Morgan fingerprint density at radius 1 is 1.48 bits per heavy atom. The second-order valence-electron chi connectivity index (χ2n) is 6.65. The van der Waals surface area contributed by atoms with Crippen molar-refractivity contribution in [1.82, 2.24) is 5.32 Å². The van der Waals surface area contributed by atoms with E-state index in [4.69, 9.17) is 11.6 Å². The molecule has 1 aromatic carbocycles. The Kier molecular flexibility index (Phi) is 5.69. The van der Waals surface area contributed by atoms with Crippen LogP contribution in [0.3, 0.4) is 0 Å². The van der Waals surface area contributed by atoms with Gasteiger partial charge in [-0.05, 0) is 37.7 Å². The second kappa shape index (κ2) is 7.31. The molecule has 0 heterocycles. The monoisotopic (exact) mass is 307 g/mol. The Labute approximate surface area is 133 Å². The summed E-state index contributed by atoms with van der Waals surface area (Å²) >= 11 is 6.17. The minimum atomic E-state index is -0.178. The van der Waals surface area contributed by atoms with Gasteiger partial charge in [0.05, 0.1) is 5.54 Å². The number of carbonyl (C=O) groups is 1. The van der Waals surface area contributed by atoms with Gasteiger partial charge in [-0.1, -0.05) is 49.6 Å². The van der Waals surface area contributed by atoms with Crippen LogP contribution in [-0.2, 0) is 11.2 Å². The van der Waals surface area contributed by atoms with E-state index in [0.717, 1.165) is 25.7 Å². The van der Waals surface area contributed by atoms with E-state index in [1.54, 1.807) is 0 Å². The topological polar surface area (TPSA) is 29.1 Å². The van der Waals surface area contributed by atoms with Gasteiger partial charge in [0.2, 0.25) is 5.91 Å². The molecule has 1 aliphatic carbocycles. The zero-order valence-corrected chi connectivity index (χ0v) is 13.9. The number of rotatable bonds is 5. The van der Waals surface area contributed by atoms with Gasteiger partial charge in [-0.2, -0.15) is 0 Å². The zero-order chi connectivity index (χ0) is 15.3. The first-order chi connectivity index (χ1) is 10.0. The Morgan fingerprint density at radius 2 is 2.29 bits per heavy atom. The SMILES string of the molecule is Cc1cccc(CCC(=O)NC2(CCl)CCCC(C)C2)c1. The molecule has 0 radical (unpaired) electrons. The van der Waals surface area contributed by atoms with Crippen LogP contribution in [0, 0.1) is 12.8 Å². The van der Waals surface area contributed by atoms with E-state index < -0.39 is 0 Å². The highest BCUT2D eigenvalue weighted by Gasteiger charge is 2.35.